The Balaban J connectivity index is 2.00. The molecule has 0 fully saturated rings. The number of anilines is 1. The van der Waals surface area contributed by atoms with E-state index < -0.39 is 28.5 Å². The molecule has 0 saturated heterocycles. The van der Waals surface area contributed by atoms with E-state index in [0.717, 1.165) is 0 Å². The van der Waals surface area contributed by atoms with Crippen LogP contribution < -0.4 is 19.5 Å². The summed E-state index contributed by atoms with van der Waals surface area (Å²) in [5.74, 6) is -0.333. The lowest BCUT2D eigenvalue weighted by atomic mass is 10.2. The van der Waals surface area contributed by atoms with Crippen molar-refractivity contribution in [3.05, 3.63) is 48.0 Å². The van der Waals surface area contributed by atoms with Crippen LogP contribution in [0.4, 0.5) is 5.69 Å². The second-order valence-electron chi connectivity index (χ2n) is 6.18. The summed E-state index contributed by atoms with van der Waals surface area (Å²) < 4.78 is 42.5. The van der Waals surface area contributed by atoms with Crippen LogP contribution in [0.25, 0.3) is 0 Å². The average Bonchev–Trinajstić information content (AvgIpc) is 2.74. The smallest absolute Gasteiger partial charge is 0.338 e. The van der Waals surface area contributed by atoms with Gasteiger partial charge in [-0.25, -0.2) is 17.9 Å². The first-order valence-corrected chi connectivity index (χ1v) is 11.2. The standard InChI is InChI=1S/C21H26N2O7S/c1-4-22-31(26,27)17-9-7-8-15(12-17)21(25)30-14-20(24)23-16-10-11-18(28-5-2)19(13-16)29-6-3/h7-13,22H,4-6,14H2,1-3H3,(H,23,24). The van der Waals surface area contributed by atoms with Crippen molar-refractivity contribution in [1.82, 2.24) is 4.72 Å². The van der Waals surface area contributed by atoms with Crippen LogP contribution in [0.5, 0.6) is 11.5 Å². The lowest BCUT2D eigenvalue weighted by Crippen LogP contribution is -2.24. The largest absolute Gasteiger partial charge is 0.490 e. The normalized spacial score (nSPS) is 10.9. The van der Waals surface area contributed by atoms with Crippen molar-refractivity contribution in [2.24, 2.45) is 0 Å². The van der Waals surface area contributed by atoms with Crippen LogP contribution >= 0.6 is 0 Å². The van der Waals surface area contributed by atoms with Crippen molar-refractivity contribution < 1.29 is 32.2 Å². The molecule has 0 saturated carbocycles. The number of carbonyl (C=O) groups excluding carboxylic acids is 2. The number of esters is 1. The van der Waals surface area contributed by atoms with Gasteiger partial charge >= 0.3 is 5.97 Å². The molecular weight excluding hydrogens is 424 g/mol. The van der Waals surface area contributed by atoms with Crippen LogP contribution in [0.2, 0.25) is 0 Å². The fourth-order valence-electron chi connectivity index (χ4n) is 2.60. The monoisotopic (exact) mass is 450 g/mol. The number of benzene rings is 2. The van der Waals surface area contributed by atoms with E-state index >= 15 is 0 Å². The summed E-state index contributed by atoms with van der Waals surface area (Å²) in [7, 11) is -3.71. The minimum Gasteiger partial charge on any atom is -0.490 e. The van der Waals surface area contributed by atoms with Crippen LogP contribution in [0, 0.1) is 0 Å². The van der Waals surface area contributed by atoms with Gasteiger partial charge in [-0.15, -0.1) is 0 Å². The molecule has 0 aliphatic carbocycles. The molecule has 2 rings (SSSR count). The highest BCUT2D eigenvalue weighted by molar-refractivity contribution is 7.89. The number of ether oxygens (including phenoxy) is 3. The number of carbonyl (C=O) groups is 2. The zero-order chi connectivity index (χ0) is 22.9. The molecule has 0 atom stereocenters. The second kappa shape index (κ2) is 11.3. The Labute approximate surface area is 181 Å². The van der Waals surface area contributed by atoms with Crippen LogP contribution in [-0.4, -0.2) is 46.7 Å². The van der Waals surface area contributed by atoms with E-state index in [0.29, 0.717) is 30.4 Å². The van der Waals surface area contributed by atoms with Crippen molar-refractivity contribution in [3.8, 4) is 11.5 Å². The molecule has 9 nitrogen and oxygen atoms in total. The molecule has 0 spiro atoms. The summed E-state index contributed by atoms with van der Waals surface area (Å²) in [5.41, 5.74) is 0.471. The third-order valence-electron chi connectivity index (χ3n) is 3.88. The van der Waals surface area contributed by atoms with Gasteiger partial charge in [0.15, 0.2) is 18.1 Å². The van der Waals surface area contributed by atoms with Crippen LogP contribution in [0.15, 0.2) is 47.4 Å². The van der Waals surface area contributed by atoms with Crippen LogP contribution in [-0.2, 0) is 19.6 Å². The van der Waals surface area contributed by atoms with Crippen molar-refractivity contribution >= 4 is 27.6 Å². The molecule has 0 radical (unpaired) electrons. The Morgan fingerprint density at radius 3 is 2.32 bits per heavy atom. The fourth-order valence-corrected chi connectivity index (χ4v) is 3.69. The third kappa shape index (κ3) is 6.97. The molecule has 0 aliphatic heterocycles. The fraction of sp³-hybridized carbons (Fsp3) is 0.333. The molecular formula is C21H26N2O7S. The molecule has 0 bridgehead atoms. The quantitative estimate of drug-likeness (QED) is 0.505. The maximum atomic E-state index is 12.2. The van der Waals surface area contributed by atoms with Crippen molar-refractivity contribution in [1.29, 1.82) is 0 Å². The van der Waals surface area contributed by atoms with Crippen LogP contribution in [0.1, 0.15) is 31.1 Å². The summed E-state index contributed by atoms with van der Waals surface area (Å²) in [5, 5.41) is 2.61. The zero-order valence-corrected chi connectivity index (χ0v) is 18.5. The molecule has 168 valence electrons. The van der Waals surface area contributed by atoms with Gasteiger partial charge < -0.3 is 19.5 Å². The molecule has 2 N–H and O–H groups in total. The van der Waals surface area contributed by atoms with E-state index in [2.05, 4.69) is 10.0 Å². The highest BCUT2D eigenvalue weighted by Gasteiger charge is 2.17. The zero-order valence-electron chi connectivity index (χ0n) is 17.6. The third-order valence-corrected chi connectivity index (χ3v) is 5.42. The second-order valence-corrected chi connectivity index (χ2v) is 7.95. The molecule has 31 heavy (non-hydrogen) atoms. The lowest BCUT2D eigenvalue weighted by molar-refractivity contribution is -0.119. The number of nitrogens with one attached hydrogen (secondary N) is 2. The van der Waals surface area contributed by atoms with E-state index in [4.69, 9.17) is 14.2 Å². The summed E-state index contributed by atoms with van der Waals surface area (Å²) in [6.07, 6.45) is 0. The van der Waals surface area contributed by atoms with Gasteiger partial charge in [0.25, 0.3) is 5.91 Å². The Morgan fingerprint density at radius 2 is 1.65 bits per heavy atom. The van der Waals surface area contributed by atoms with Crippen molar-refractivity contribution in [2.45, 2.75) is 25.7 Å². The molecule has 10 heteroatoms. The van der Waals surface area contributed by atoms with Crippen LogP contribution in [0.3, 0.4) is 0 Å². The van der Waals surface area contributed by atoms with Gasteiger partial charge in [0.05, 0.1) is 23.7 Å². The molecule has 1 amide bonds. The number of hydrogen-bond acceptors (Lipinski definition) is 7. The minimum atomic E-state index is -3.71. The molecule has 0 aromatic heterocycles. The first-order chi connectivity index (χ1) is 14.8. The van der Waals surface area contributed by atoms with E-state index in [1.54, 1.807) is 25.1 Å². The minimum absolute atomic E-state index is 0.0199. The molecule has 0 unspecified atom stereocenters. The van der Waals surface area contributed by atoms with E-state index in [-0.39, 0.29) is 17.0 Å². The predicted molar refractivity (Wildman–Crippen MR) is 115 cm³/mol. The SMILES string of the molecule is CCNS(=O)(=O)c1cccc(C(=O)OCC(=O)Nc2ccc(OCC)c(OCC)c2)c1. The number of amides is 1. The average molecular weight is 451 g/mol. The Morgan fingerprint density at radius 1 is 0.935 bits per heavy atom. The maximum absolute atomic E-state index is 12.2. The number of rotatable bonds is 11. The summed E-state index contributed by atoms with van der Waals surface area (Å²) in [4.78, 5) is 24.3. The number of hydrogen-bond donors (Lipinski definition) is 2. The van der Waals surface area contributed by atoms with Crippen molar-refractivity contribution in [3.63, 3.8) is 0 Å². The molecule has 0 heterocycles. The predicted octanol–water partition coefficient (Wildman–Crippen LogP) is 2.58. The Bertz CT molecular complexity index is 1020. The molecule has 2 aromatic rings. The molecule has 0 aliphatic rings. The first kappa shape index (κ1) is 24.2. The number of sulfonamides is 1. The molecule has 2 aromatic carbocycles. The Hall–Kier alpha value is -3.11. The van der Waals surface area contributed by atoms with Gasteiger partial charge in [-0.1, -0.05) is 13.0 Å². The van der Waals surface area contributed by atoms with Gasteiger partial charge in [0, 0.05) is 18.3 Å². The Kier molecular flexibility index (Phi) is 8.83. The van der Waals surface area contributed by atoms with Gasteiger partial charge in [0.1, 0.15) is 0 Å². The van der Waals surface area contributed by atoms with Gasteiger partial charge in [-0.3, -0.25) is 4.79 Å². The maximum Gasteiger partial charge on any atom is 0.338 e. The highest BCUT2D eigenvalue weighted by Crippen LogP contribution is 2.30. The van der Waals surface area contributed by atoms with Gasteiger partial charge in [-0.05, 0) is 44.2 Å². The topological polar surface area (TPSA) is 120 Å². The van der Waals surface area contributed by atoms with E-state index in [1.807, 2.05) is 13.8 Å². The summed E-state index contributed by atoms with van der Waals surface area (Å²) >= 11 is 0. The van der Waals surface area contributed by atoms with Gasteiger partial charge in [-0.2, -0.15) is 0 Å². The summed E-state index contributed by atoms with van der Waals surface area (Å²) in [6.45, 7) is 5.91. The van der Waals surface area contributed by atoms with Crippen molar-refractivity contribution in [2.75, 3.05) is 31.7 Å². The van der Waals surface area contributed by atoms with E-state index in [1.165, 1.54) is 24.3 Å². The highest BCUT2D eigenvalue weighted by atomic mass is 32.2. The van der Waals surface area contributed by atoms with E-state index in [9.17, 15) is 18.0 Å². The lowest BCUT2D eigenvalue weighted by Gasteiger charge is -2.13. The summed E-state index contributed by atoms with van der Waals surface area (Å²) in [6, 6.07) is 10.3. The first-order valence-electron chi connectivity index (χ1n) is 9.77. The van der Waals surface area contributed by atoms with Gasteiger partial charge in [0.2, 0.25) is 10.0 Å².